The molecule has 1 heterocycles. The van der Waals surface area contributed by atoms with Gasteiger partial charge in [-0.15, -0.1) is 11.3 Å². The zero-order valence-corrected chi connectivity index (χ0v) is 16.5. The normalized spacial score (nSPS) is 11.7. The summed E-state index contributed by atoms with van der Waals surface area (Å²) in [4.78, 5) is 28.0. The number of halogens is 3. The maximum atomic E-state index is 14.5. The second kappa shape index (κ2) is 8.54. The molecule has 0 bridgehead atoms. The third-order valence-electron chi connectivity index (χ3n) is 3.92. The van der Waals surface area contributed by atoms with Crippen LogP contribution in [0.1, 0.15) is 21.5 Å². The van der Waals surface area contributed by atoms with Crippen molar-refractivity contribution in [3.05, 3.63) is 69.0 Å². The Labute approximate surface area is 173 Å². The number of amides is 2. The Kier molecular flexibility index (Phi) is 6.09. The number of carbonyl (C=O) groups excluding carboxylic acids is 2. The van der Waals surface area contributed by atoms with E-state index in [2.05, 4.69) is 10.3 Å². The summed E-state index contributed by atoms with van der Waals surface area (Å²) >= 11 is 7.00. The Balaban J connectivity index is 1.96. The molecule has 2 amide bonds. The molecule has 6 nitrogen and oxygen atoms in total. The second-order valence-corrected chi connectivity index (χ2v) is 7.11. The summed E-state index contributed by atoms with van der Waals surface area (Å²) in [5.41, 5.74) is 5.40. The van der Waals surface area contributed by atoms with Gasteiger partial charge < -0.3 is 15.8 Å². The SMILES string of the molecule is CNC(=O)C(Oc1ccc(F)c(C(N)=O)c1F)c1nc(-c2ccc(Cl)cc2)cs1. The molecule has 29 heavy (non-hydrogen) atoms. The van der Waals surface area contributed by atoms with E-state index in [-0.39, 0.29) is 5.01 Å². The van der Waals surface area contributed by atoms with Crippen molar-refractivity contribution in [1.82, 2.24) is 10.3 Å². The largest absolute Gasteiger partial charge is 0.470 e. The fourth-order valence-electron chi connectivity index (χ4n) is 2.49. The lowest BCUT2D eigenvalue weighted by molar-refractivity contribution is -0.127. The van der Waals surface area contributed by atoms with Gasteiger partial charge in [0.25, 0.3) is 11.8 Å². The number of likely N-dealkylation sites (N-methyl/N-ethyl adjacent to an activating group) is 1. The average Bonchev–Trinajstić information content (AvgIpc) is 3.17. The Morgan fingerprint density at radius 3 is 2.52 bits per heavy atom. The van der Waals surface area contributed by atoms with E-state index < -0.39 is 40.9 Å². The van der Waals surface area contributed by atoms with Crippen molar-refractivity contribution in [3.63, 3.8) is 0 Å². The summed E-state index contributed by atoms with van der Waals surface area (Å²) in [6.07, 6.45) is -1.33. The molecule has 3 rings (SSSR count). The Bertz CT molecular complexity index is 1070. The molecule has 2 aromatic carbocycles. The van der Waals surface area contributed by atoms with E-state index in [0.717, 1.165) is 29.0 Å². The molecule has 0 spiro atoms. The lowest BCUT2D eigenvalue weighted by atomic mass is 10.1. The number of ether oxygens (including phenoxy) is 1. The number of nitrogens with one attached hydrogen (secondary N) is 1. The number of nitrogens with two attached hydrogens (primary N) is 1. The first-order valence-electron chi connectivity index (χ1n) is 8.19. The number of primary amides is 1. The summed E-state index contributed by atoms with van der Waals surface area (Å²) in [7, 11) is 1.38. The van der Waals surface area contributed by atoms with Crippen LogP contribution >= 0.6 is 22.9 Å². The monoisotopic (exact) mass is 437 g/mol. The van der Waals surface area contributed by atoms with Crippen LogP contribution in [-0.4, -0.2) is 23.8 Å². The van der Waals surface area contributed by atoms with Gasteiger partial charge in [0.1, 0.15) is 16.4 Å². The number of thiazole rings is 1. The number of hydrogen-bond donors (Lipinski definition) is 2. The van der Waals surface area contributed by atoms with E-state index in [1.54, 1.807) is 29.6 Å². The molecule has 1 unspecified atom stereocenters. The first-order chi connectivity index (χ1) is 13.8. The van der Waals surface area contributed by atoms with Gasteiger partial charge in [-0.25, -0.2) is 13.8 Å². The maximum absolute atomic E-state index is 14.5. The van der Waals surface area contributed by atoms with Crippen molar-refractivity contribution in [2.45, 2.75) is 6.10 Å². The molecule has 3 aromatic rings. The molecule has 1 atom stereocenters. The van der Waals surface area contributed by atoms with Gasteiger partial charge >= 0.3 is 0 Å². The molecular formula is C19H14ClF2N3O3S. The van der Waals surface area contributed by atoms with E-state index in [0.29, 0.717) is 10.7 Å². The van der Waals surface area contributed by atoms with E-state index >= 15 is 0 Å². The van der Waals surface area contributed by atoms with Gasteiger partial charge in [0.15, 0.2) is 11.6 Å². The van der Waals surface area contributed by atoms with E-state index in [4.69, 9.17) is 22.1 Å². The molecule has 0 aliphatic carbocycles. The summed E-state index contributed by atoms with van der Waals surface area (Å²) in [5, 5.41) is 4.91. The molecular weight excluding hydrogens is 424 g/mol. The lowest BCUT2D eigenvalue weighted by Gasteiger charge is -2.17. The van der Waals surface area contributed by atoms with Gasteiger partial charge in [0, 0.05) is 23.0 Å². The summed E-state index contributed by atoms with van der Waals surface area (Å²) in [5.74, 6) is -4.82. The minimum Gasteiger partial charge on any atom is -0.470 e. The topological polar surface area (TPSA) is 94.3 Å². The molecule has 0 saturated carbocycles. The van der Waals surface area contributed by atoms with Crippen molar-refractivity contribution >= 4 is 34.8 Å². The van der Waals surface area contributed by atoms with E-state index in [1.807, 2.05) is 0 Å². The first-order valence-corrected chi connectivity index (χ1v) is 9.45. The highest BCUT2D eigenvalue weighted by molar-refractivity contribution is 7.10. The minimum absolute atomic E-state index is 0.235. The van der Waals surface area contributed by atoms with Crippen LogP contribution in [0.25, 0.3) is 11.3 Å². The second-order valence-electron chi connectivity index (χ2n) is 5.79. The number of aromatic nitrogens is 1. The molecule has 0 aliphatic rings. The first kappa shape index (κ1) is 20.7. The summed E-state index contributed by atoms with van der Waals surface area (Å²) in [6.45, 7) is 0. The van der Waals surface area contributed by atoms with Gasteiger partial charge in [-0.05, 0) is 24.3 Å². The number of benzene rings is 2. The summed E-state index contributed by atoms with van der Waals surface area (Å²) in [6, 6.07) is 8.72. The maximum Gasteiger partial charge on any atom is 0.268 e. The smallest absolute Gasteiger partial charge is 0.268 e. The quantitative estimate of drug-likeness (QED) is 0.614. The number of hydrogen-bond acceptors (Lipinski definition) is 5. The third-order valence-corrected chi connectivity index (χ3v) is 5.06. The predicted octanol–water partition coefficient (Wildman–Crippen LogP) is 3.71. The van der Waals surface area contributed by atoms with Crippen molar-refractivity contribution < 1.29 is 23.1 Å². The van der Waals surface area contributed by atoms with Crippen LogP contribution in [0.15, 0.2) is 41.8 Å². The standard InChI is InChI=1S/C19H14ClF2N3O3S/c1-24-18(27)16(28-13-7-6-11(21)14(15(13)22)17(23)26)19-25-12(8-29-19)9-2-4-10(20)5-3-9/h2-8,16H,1H3,(H2,23,26)(H,24,27). The van der Waals surface area contributed by atoms with Crippen LogP contribution in [0, 0.1) is 11.6 Å². The highest BCUT2D eigenvalue weighted by Gasteiger charge is 2.28. The highest BCUT2D eigenvalue weighted by atomic mass is 35.5. The minimum atomic E-state index is -1.33. The van der Waals surface area contributed by atoms with Crippen LogP contribution in [-0.2, 0) is 4.79 Å². The molecule has 0 saturated heterocycles. The molecule has 150 valence electrons. The van der Waals surface area contributed by atoms with Crippen molar-refractivity contribution in [2.24, 2.45) is 5.73 Å². The molecule has 0 fully saturated rings. The fraction of sp³-hybridized carbons (Fsp3) is 0.105. The number of nitrogens with zero attached hydrogens (tertiary/aromatic N) is 1. The lowest BCUT2D eigenvalue weighted by Crippen LogP contribution is -2.30. The van der Waals surface area contributed by atoms with Crippen LogP contribution in [0.3, 0.4) is 0 Å². The van der Waals surface area contributed by atoms with Gasteiger partial charge in [0.2, 0.25) is 6.10 Å². The molecule has 0 aliphatic heterocycles. The zero-order chi connectivity index (χ0) is 21.1. The summed E-state index contributed by atoms with van der Waals surface area (Å²) < 4.78 is 33.7. The van der Waals surface area contributed by atoms with Gasteiger partial charge in [-0.1, -0.05) is 23.7 Å². The highest BCUT2D eigenvalue weighted by Crippen LogP contribution is 2.32. The zero-order valence-electron chi connectivity index (χ0n) is 14.9. The Morgan fingerprint density at radius 2 is 1.90 bits per heavy atom. The molecule has 3 N–H and O–H groups in total. The molecule has 0 radical (unpaired) electrons. The molecule has 10 heteroatoms. The van der Waals surface area contributed by atoms with Crippen molar-refractivity contribution in [2.75, 3.05) is 7.05 Å². The third kappa shape index (κ3) is 4.36. The van der Waals surface area contributed by atoms with Crippen LogP contribution in [0.5, 0.6) is 5.75 Å². The average molecular weight is 438 g/mol. The number of carbonyl (C=O) groups is 2. The van der Waals surface area contributed by atoms with Crippen LogP contribution in [0.4, 0.5) is 8.78 Å². The fourth-order valence-corrected chi connectivity index (χ4v) is 3.46. The van der Waals surface area contributed by atoms with E-state index in [9.17, 15) is 18.4 Å². The molecule has 1 aromatic heterocycles. The van der Waals surface area contributed by atoms with Crippen molar-refractivity contribution in [3.8, 4) is 17.0 Å². The van der Waals surface area contributed by atoms with Crippen molar-refractivity contribution in [1.29, 1.82) is 0 Å². The van der Waals surface area contributed by atoms with Crippen LogP contribution < -0.4 is 15.8 Å². The van der Waals surface area contributed by atoms with Gasteiger partial charge in [-0.3, -0.25) is 9.59 Å². The van der Waals surface area contributed by atoms with Gasteiger partial charge in [-0.2, -0.15) is 0 Å². The predicted molar refractivity (Wildman–Crippen MR) is 105 cm³/mol. The Hall–Kier alpha value is -3.04. The van der Waals surface area contributed by atoms with Gasteiger partial charge in [0.05, 0.1) is 5.69 Å². The van der Waals surface area contributed by atoms with Crippen LogP contribution in [0.2, 0.25) is 5.02 Å². The Morgan fingerprint density at radius 1 is 1.21 bits per heavy atom. The van der Waals surface area contributed by atoms with E-state index in [1.165, 1.54) is 7.05 Å². The number of rotatable bonds is 6.